The molecule has 2 unspecified atom stereocenters. The predicted molar refractivity (Wildman–Crippen MR) is 114 cm³/mol. The summed E-state index contributed by atoms with van der Waals surface area (Å²) < 4.78 is 0. The number of aliphatic hydroxyl groups excluding tert-OH is 2. The van der Waals surface area contributed by atoms with Crippen molar-refractivity contribution in [1.29, 1.82) is 0 Å². The van der Waals surface area contributed by atoms with Crippen LogP contribution >= 0.6 is 0 Å². The summed E-state index contributed by atoms with van der Waals surface area (Å²) in [5, 5.41) is 26.8. The third kappa shape index (κ3) is 15.3. The third-order valence-electron chi connectivity index (χ3n) is 4.11. The molecule has 0 fully saturated rings. The van der Waals surface area contributed by atoms with Crippen LogP contribution in [0.1, 0.15) is 58.3 Å². The molecule has 0 heterocycles. The highest BCUT2D eigenvalue weighted by Crippen LogP contribution is 2.08. The summed E-state index contributed by atoms with van der Waals surface area (Å²) in [4.78, 5) is 15.4. The Bertz CT molecular complexity index is 513. The van der Waals surface area contributed by atoms with Gasteiger partial charge < -0.3 is 10.2 Å². The molecule has 5 heteroatoms. The minimum absolute atomic E-state index is 0.657. The second-order valence-corrected chi connectivity index (χ2v) is 6.53. The Labute approximate surface area is 169 Å². The molecule has 0 radical (unpaired) electrons. The molecular formula is C23H36O5. The zero-order valence-electron chi connectivity index (χ0n) is 17.0. The summed E-state index contributed by atoms with van der Waals surface area (Å²) in [5.41, 5.74) is 0. The molecule has 158 valence electrons. The number of unbranched alkanes of at least 4 members (excludes halogenated alkanes) is 7. The molecule has 28 heavy (non-hydrogen) atoms. The fraction of sp³-hybridized carbons (Fsp3) is 0.522. The highest BCUT2D eigenvalue weighted by molar-refractivity contribution is 5.94. The summed E-state index contributed by atoms with van der Waals surface area (Å²) in [5.74, 6) is -0.660. The van der Waals surface area contributed by atoms with Crippen molar-refractivity contribution in [1.82, 2.24) is 0 Å². The van der Waals surface area contributed by atoms with Gasteiger partial charge in [-0.2, -0.15) is 0 Å². The van der Waals surface area contributed by atoms with E-state index in [0.29, 0.717) is 0 Å². The minimum Gasteiger partial charge on any atom is -0.393 e. The van der Waals surface area contributed by atoms with E-state index in [9.17, 15) is 9.90 Å². The van der Waals surface area contributed by atoms with E-state index in [2.05, 4.69) is 17.9 Å². The Morgan fingerprint density at radius 1 is 0.857 bits per heavy atom. The van der Waals surface area contributed by atoms with Gasteiger partial charge in [-0.15, -0.1) is 0 Å². The Balaban J connectivity index is 3.85. The number of carbonyl (C=O) groups is 1. The van der Waals surface area contributed by atoms with Gasteiger partial charge in [0, 0.05) is 0 Å². The topological polar surface area (TPSA) is 87.0 Å². The van der Waals surface area contributed by atoms with E-state index in [-0.39, 0.29) is 0 Å². The van der Waals surface area contributed by atoms with E-state index in [1.165, 1.54) is 51.0 Å². The summed E-state index contributed by atoms with van der Waals surface area (Å²) >= 11 is 0. The molecule has 2 atom stereocenters. The molecule has 5 nitrogen and oxygen atoms in total. The summed E-state index contributed by atoms with van der Waals surface area (Å²) in [6.45, 7) is 1.58. The van der Waals surface area contributed by atoms with E-state index >= 15 is 0 Å². The quantitative estimate of drug-likeness (QED) is 0.110. The van der Waals surface area contributed by atoms with Crippen molar-refractivity contribution >= 4 is 5.78 Å². The predicted octanol–water partition coefficient (Wildman–Crippen LogP) is 4.69. The molecule has 0 saturated heterocycles. The highest BCUT2D eigenvalue weighted by Gasteiger charge is 2.24. The van der Waals surface area contributed by atoms with Gasteiger partial charge in [0.25, 0.3) is 0 Å². The molecule has 0 saturated carbocycles. The fourth-order valence-corrected chi connectivity index (χ4v) is 2.40. The standard InChI is InChI=1S/C23H36O5/c1-2-3-4-5-6-7-8-9-10-11-12-13-14-15-16-17-18-19-21(25)23(26)22(20-24)28-27/h10-19,22-24,26-27H,2-9,20H2,1H3. The Morgan fingerprint density at radius 3 is 1.96 bits per heavy atom. The number of rotatable bonds is 17. The molecule has 0 bridgehead atoms. The molecule has 0 aromatic rings. The van der Waals surface area contributed by atoms with Crippen molar-refractivity contribution in [3.63, 3.8) is 0 Å². The van der Waals surface area contributed by atoms with E-state index in [4.69, 9.17) is 10.4 Å². The SMILES string of the molecule is CCCCCCCCCC=CC=CC=CC=CC=CC(=O)C(O)C(CO)OO. The van der Waals surface area contributed by atoms with E-state index in [1.54, 1.807) is 12.2 Å². The number of allylic oxidation sites excluding steroid dienone is 9. The van der Waals surface area contributed by atoms with Crippen LogP contribution in [0.25, 0.3) is 0 Å². The van der Waals surface area contributed by atoms with Crippen molar-refractivity contribution in [3.8, 4) is 0 Å². The van der Waals surface area contributed by atoms with Crippen LogP contribution in [0.5, 0.6) is 0 Å². The summed E-state index contributed by atoms with van der Waals surface area (Å²) in [6.07, 6.45) is 25.3. The van der Waals surface area contributed by atoms with Gasteiger partial charge >= 0.3 is 0 Å². The van der Waals surface area contributed by atoms with Crippen LogP contribution in [0.15, 0.2) is 60.8 Å². The number of ketones is 1. The Hall–Kier alpha value is -1.79. The fourth-order valence-electron chi connectivity index (χ4n) is 2.40. The molecule has 0 aliphatic rings. The van der Waals surface area contributed by atoms with Crippen LogP contribution in [-0.4, -0.2) is 40.1 Å². The average Bonchev–Trinajstić information content (AvgIpc) is 2.70. The second kappa shape index (κ2) is 20.0. The molecule has 0 aliphatic carbocycles. The molecule has 0 rings (SSSR count). The van der Waals surface area contributed by atoms with Crippen LogP contribution in [-0.2, 0) is 9.68 Å². The minimum atomic E-state index is -1.61. The maximum Gasteiger partial charge on any atom is 0.186 e. The van der Waals surface area contributed by atoms with Gasteiger partial charge in [-0.3, -0.25) is 10.1 Å². The lowest BCUT2D eigenvalue weighted by Crippen LogP contribution is -2.37. The monoisotopic (exact) mass is 392 g/mol. The molecule has 0 aromatic carbocycles. The van der Waals surface area contributed by atoms with E-state index in [1.807, 2.05) is 30.4 Å². The molecule has 0 spiro atoms. The van der Waals surface area contributed by atoms with Gasteiger partial charge in [0.05, 0.1) is 6.61 Å². The molecule has 3 N–H and O–H groups in total. The van der Waals surface area contributed by atoms with Crippen LogP contribution < -0.4 is 0 Å². The first-order valence-corrected chi connectivity index (χ1v) is 10.1. The normalized spacial score (nSPS) is 15.0. The maximum atomic E-state index is 11.6. The van der Waals surface area contributed by atoms with Gasteiger partial charge in [-0.05, 0) is 18.9 Å². The first kappa shape index (κ1) is 26.2. The van der Waals surface area contributed by atoms with Crippen LogP contribution in [0.2, 0.25) is 0 Å². The number of aliphatic hydroxyl groups is 2. The number of carbonyl (C=O) groups excluding carboxylic acids is 1. The Kier molecular flexibility index (Phi) is 18.7. The Morgan fingerprint density at radius 2 is 1.39 bits per heavy atom. The number of hydrogen-bond donors (Lipinski definition) is 3. The first-order valence-electron chi connectivity index (χ1n) is 10.1. The summed E-state index contributed by atoms with van der Waals surface area (Å²) in [7, 11) is 0. The molecule has 0 aliphatic heterocycles. The lowest BCUT2D eigenvalue weighted by atomic mass is 10.1. The van der Waals surface area contributed by atoms with Gasteiger partial charge in [-0.25, -0.2) is 4.89 Å². The van der Waals surface area contributed by atoms with Crippen LogP contribution in [0.4, 0.5) is 0 Å². The van der Waals surface area contributed by atoms with Crippen molar-refractivity contribution in [2.75, 3.05) is 6.61 Å². The highest BCUT2D eigenvalue weighted by atomic mass is 17.1. The van der Waals surface area contributed by atoms with Gasteiger partial charge in [-0.1, -0.05) is 100 Å². The lowest BCUT2D eigenvalue weighted by molar-refractivity contribution is -0.299. The number of hydrogen-bond acceptors (Lipinski definition) is 5. The average molecular weight is 393 g/mol. The smallest absolute Gasteiger partial charge is 0.186 e. The first-order chi connectivity index (χ1) is 13.7. The van der Waals surface area contributed by atoms with Crippen molar-refractivity contribution in [3.05, 3.63) is 60.8 Å². The van der Waals surface area contributed by atoms with E-state index in [0.717, 1.165) is 12.5 Å². The molecular weight excluding hydrogens is 356 g/mol. The van der Waals surface area contributed by atoms with E-state index < -0.39 is 24.6 Å². The zero-order valence-corrected chi connectivity index (χ0v) is 17.0. The van der Waals surface area contributed by atoms with Gasteiger partial charge in [0.1, 0.15) is 12.2 Å². The molecule has 0 amide bonds. The largest absolute Gasteiger partial charge is 0.393 e. The van der Waals surface area contributed by atoms with Gasteiger partial charge in [0.2, 0.25) is 0 Å². The molecule has 0 aromatic heterocycles. The van der Waals surface area contributed by atoms with Crippen LogP contribution in [0.3, 0.4) is 0 Å². The van der Waals surface area contributed by atoms with Crippen molar-refractivity contribution in [2.24, 2.45) is 0 Å². The van der Waals surface area contributed by atoms with Gasteiger partial charge in [0.15, 0.2) is 5.78 Å². The second-order valence-electron chi connectivity index (χ2n) is 6.53. The maximum absolute atomic E-state index is 11.6. The third-order valence-corrected chi connectivity index (χ3v) is 4.11. The van der Waals surface area contributed by atoms with Crippen LogP contribution in [0, 0.1) is 0 Å². The lowest BCUT2D eigenvalue weighted by Gasteiger charge is -2.14. The van der Waals surface area contributed by atoms with Crippen molar-refractivity contribution in [2.45, 2.75) is 70.5 Å². The summed E-state index contributed by atoms with van der Waals surface area (Å²) in [6, 6.07) is 0. The zero-order chi connectivity index (χ0) is 20.9. The van der Waals surface area contributed by atoms with Crippen molar-refractivity contribution < 1.29 is 25.2 Å².